The van der Waals surface area contributed by atoms with Crippen LogP contribution in [0.1, 0.15) is 37.8 Å². The molecule has 0 unspecified atom stereocenters. The molecular weight excluding hydrogens is 284 g/mol. The first kappa shape index (κ1) is 15.7. The third-order valence-electron chi connectivity index (χ3n) is 4.91. The lowest BCUT2D eigenvalue weighted by atomic mass is 9.93. The van der Waals surface area contributed by atoms with Gasteiger partial charge in [-0.05, 0) is 37.5 Å². The zero-order valence-electron chi connectivity index (χ0n) is 14.3. The molecule has 0 saturated carbocycles. The van der Waals surface area contributed by atoms with E-state index >= 15 is 0 Å². The van der Waals surface area contributed by atoms with Crippen LogP contribution >= 0.6 is 0 Å². The van der Waals surface area contributed by atoms with Gasteiger partial charge in [0.05, 0.1) is 12.2 Å². The predicted molar refractivity (Wildman–Crippen MR) is 97.0 cm³/mol. The van der Waals surface area contributed by atoms with Gasteiger partial charge in [-0.3, -0.25) is 0 Å². The monoisotopic (exact) mass is 310 g/mol. The van der Waals surface area contributed by atoms with Gasteiger partial charge in [0.2, 0.25) is 0 Å². The van der Waals surface area contributed by atoms with Crippen molar-refractivity contribution < 1.29 is 4.74 Å². The number of nitrogens with two attached hydrogens (primary N) is 1. The Morgan fingerprint density at radius 1 is 1.09 bits per heavy atom. The van der Waals surface area contributed by atoms with Crippen LogP contribution in [-0.4, -0.2) is 12.1 Å². The summed E-state index contributed by atoms with van der Waals surface area (Å²) in [4.78, 5) is 2.43. The molecule has 0 bridgehead atoms. The van der Waals surface area contributed by atoms with Crippen LogP contribution in [0.4, 0.5) is 11.4 Å². The Bertz CT molecular complexity index is 675. The maximum Gasteiger partial charge on any atom is 0.145 e. The number of hydrogen-bond donors (Lipinski definition) is 1. The number of anilines is 2. The number of benzene rings is 2. The summed E-state index contributed by atoms with van der Waals surface area (Å²) in [5.74, 6) is 0.909. The van der Waals surface area contributed by atoms with Crippen LogP contribution in [0.3, 0.4) is 0 Å². The number of fused-ring (bicyclic) bond motifs is 1. The topological polar surface area (TPSA) is 38.5 Å². The van der Waals surface area contributed by atoms with Gasteiger partial charge in [-0.15, -0.1) is 0 Å². The molecule has 0 aliphatic carbocycles. The third kappa shape index (κ3) is 3.14. The molecule has 0 spiro atoms. The van der Waals surface area contributed by atoms with Crippen molar-refractivity contribution in [1.29, 1.82) is 0 Å². The largest absolute Gasteiger partial charge is 0.483 e. The second-order valence-corrected chi connectivity index (χ2v) is 6.56. The van der Waals surface area contributed by atoms with E-state index in [1.54, 1.807) is 0 Å². The van der Waals surface area contributed by atoms with Crippen molar-refractivity contribution in [2.75, 3.05) is 17.2 Å². The molecule has 2 aromatic carbocycles. The molecule has 0 saturated heterocycles. The Labute approximate surface area is 139 Å². The van der Waals surface area contributed by atoms with Crippen LogP contribution < -0.4 is 15.4 Å². The Balaban J connectivity index is 1.96. The zero-order valence-corrected chi connectivity index (χ0v) is 14.3. The van der Waals surface area contributed by atoms with E-state index in [0.29, 0.717) is 0 Å². The summed E-state index contributed by atoms with van der Waals surface area (Å²) >= 11 is 0. The van der Waals surface area contributed by atoms with Gasteiger partial charge in [0.15, 0.2) is 0 Å². The minimum atomic E-state index is -0.133. The smallest absolute Gasteiger partial charge is 0.145 e. The molecule has 0 radical (unpaired) electrons. The Kier molecular flexibility index (Phi) is 4.20. The molecule has 3 nitrogen and oxygen atoms in total. The summed E-state index contributed by atoms with van der Waals surface area (Å²) in [5.41, 5.74) is 10.3. The maximum absolute atomic E-state index is 6.36. The van der Waals surface area contributed by atoms with Crippen molar-refractivity contribution in [3.05, 3.63) is 53.6 Å². The van der Waals surface area contributed by atoms with E-state index in [1.165, 1.54) is 11.1 Å². The van der Waals surface area contributed by atoms with Crippen molar-refractivity contribution in [3.8, 4) is 5.75 Å². The van der Waals surface area contributed by atoms with E-state index in [4.69, 9.17) is 10.5 Å². The maximum atomic E-state index is 6.36. The molecule has 1 heterocycles. The average Bonchev–Trinajstić information content (AvgIpc) is 2.56. The summed E-state index contributed by atoms with van der Waals surface area (Å²) in [6.45, 7) is 8.32. The van der Waals surface area contributed by atoms with Gasteiger partial charge in [0.1, 0.15) is 11.4 Å². The summed E-state index contributed by atoms with van der Waals surface area (Å²) in [5, 5.41) is 0. The van der Waals surface area contributed by atoms with Crippen molar-refractivity contribution in [3.63, 3.8) is 0 Å². The van der Waals surface area contributed by atoms with Crippen LogP contribution in [0.15, 0.2) is 42.5 Å². The third-order valence-corrected chi connectivity index (χ3v) is 4.91. The molecule has 3 heteroatoms. The summed E-state index contributed by atoms with van der Waals surface area (Å²) in [6, 6.07) is 14.8. The Morgan fingerprint density at radius 3 is 2.43 bits per heavy atom. The van der Waals surface area contributed by atoms with Crippen LogP contribution in [0, 0.1) is 6.92 Å². The van der Waals surface area contributed by atoms with Crippen molar-refractivity contribution in [2.24, 2.45) is 0 Å². The summed E-state index contributed by atoms with van der Waals surface area (Å²) in [7, 11) is 0. The second kappa shape index (κ2) is 6.15. The van der Waals surface area contributed by atoms with Crippen LogP contribution in [0.2, 0.25) is 0 Å². The van der Waals surface area contributed by atoms with Gasteiger partial charge in [-0.2, -0.15) is 0 Å². The quantitative estimate of drug-likeness (QED) is 0.843. The lowest BCUT2D eigenvalue weighted by molar-refractivity contribution is 0.0571. The van der Waals surface area contributed by atoms with Gasteiger partial charge in [-0.1, -0.05) is 43.7 Å². The highest BCUT2D eigenvalue weighted by Crippen LogP contribution is 2.41. The Hall–Kier alpha value is -2.16. The summed E-state index contributed by atoms with van der Waals surface area (Å²) in [6.07, 6.45) is 1.98. The molecular formula is C20H26N2O. The van der Waals surface area contributed by atoms with Gasteiger partial charge in [0.25, 0.3) is 0 Å². The normalized spacial score (nSPS) is 15.9. The number of nitrogens with zero attached hydrogens (tertiary/aromatic N) is 1. The molecule has 122 valence electrons. The molecule has 2 N–H and O–H groups in total. The van der Waals surface area contributed by atoms with E-state index in [9.17, 15) is 0 Å². The highest BCUT2D eigenvalue weighted by molar-refractivity contribution is 5.66. The standard InChI is InChI=1S/C20H26N2O/c1-4-20(5-2)14-22(13-16-8-6-15(3)7-9-16)18-11-10-17(21)12-19(18)23-20/h6-12H,4-5,13-14,21H2,1-3H3. The lowest BCUT2D eigenvalue weighted by Crippen LogP contribution is -2.50. The van der Waals surface area contributed by atoms with E-state index in [2.05, 4.69) is 56.0 Å². The molecule has 1 aliphatic rings. The fourth-order valence-corrected chi connectivity index (χ4v) is 3.25. The zero-order chi connectivity index (χ0) is 16.4. The van der Waals surface area contributed by atoms with E-state index in [1.807, 2.05) is 12.1 Å². The first-order valence-corrected chi connectivity index (χ1v) is 8.44. The van der Waals surface area contributed by atoms with Gasteiger partial charge < -0.3 is 15.4 Å². The fraction of sp³-hybridized carbons (Fsp3) is 0.400. The number of nitrogen functional groups attached to an aromatic ring is 1. The fourth-order valence-electron chi connectivity index (χ4n) is 3.25. The lowest BCUT2D eigenvalue weighted by Gasteiger charge is -2.44. The van der Waals surface area contributed by atoms with Crippen LogP contribution in [-0.2, 0) is 6.54 Å². The molecule has 0 fully saturated rings. The van der Waals surface area contributed by atoms with Crippen molar-refractivity contribution in [2.45, 2.75) is 45.8 Å². The number of hydrogen-bond acceptors (Lipinski definition) is 3. The predicted octanol–water partition coefficient (Wildman–Crippen LogP) is 4.54. The Morgan fingerprint density at radius 2 is 1.78 bits per heavy atom. The molecule has 2 aromatic rings. The summed E-state index contributed by atoms with van der Waals surface area (Å²) < 4.78 is 6.36. The molecule has 0 amide bonds. The van der Waals surface area contributed by atoms with Gasteiger partial charge in [-0.25, -0.2) is 0 Å². The first-order valence-electron chi connectivity index (χ1n) is 8.44. The highest BCUT2D eigenvalue weighted by Gasteiger charge is 2.37. The van der Waals surface area contributed by atoms with Crippen molar-refractivity contribution in [1.82, 2.24) is 0 Å². The minimum Gasteiger partial charge on any atom is -0.483 e. The van der Waals surface area contributed by atoms with Crippen molar-refractivity contribution >= 4 is 11.4 Å². The second-order valence-electron chi connectivity index (χ2n) is 6.56. The van der Waals surface area contributed by atoms with Gasteiger partial charge in [0, 0.05) is 18.3 Å². The average molecular weight is 310 g/mol. The van der Waals surface area contributed by atoms with Crippen LogP contribution in [0.5, 0.6) is 5.75 Å². The van der Waals surface area contributed by atoms with E-state index < -0.39 is 0 Å². The number of rotatable bonds is 4. The minimum absolute atomic E-state index is 0.133. The SMILES string of the molecule is CCC1(CC)CN(Cc2ccc(C)cc2)c2ccc(N)cc2O1. The molecule has 23 heavy (non-hydrogen) atoms. The number of aryl methyl sites for hydroxylation is 1. The highest BCUT2D eigenvalue weighted by atomic mass is 16.5. The van der Waals surface area contributed by atoms with E-state index in [0.717, 1.165) is 43.1 Å². The number of ether oxygens (including phenoxy) is 1. The van der Waals surface area contributed by atoms with E-state index in [-0.39, 0.29) is 5.60 Å². The van der Waals surface area contributed by atoms with Gasteiger partial charge >= 0.3 is 0 Å². The molecule has 3 rings (SSSR count). The molecule has 0 atom stereocenters. The molecule has 1 aliphatic heterocycles. The first-order chi connectivity index (χ1) is 11.0. The molecule has 0 aromatic heterocycles. The van der Waals surface area contributed by atoms with Crippen LogP contribution in [0.25, 0.3) is 0 Å².